The van der Waals surface area contributed by atoms with Crippen LogP contribution in [0.25, 0.3) is 10.8 Å². The zero-order valence-electron chi connectivity index (χ0n) is 18.4. The molecule has 0 saturated carbocycles. The van der Waals surface area contributed by atoms with E-state index in [1.807, 2.05) is 72.8 Å². The fourth-order valence-corrected chi connectivity index (χ4v) is 5.02. The number of amides is 2. The molecule has 3 atom stereocenters. The van der Waals surface area contributed by atoms with Gasteiger partial charge in [0, 0.05) is 12.1 Å². The summed E-state index contributed by atoms with van der Waals surface area (Å²) in [5.74, 6) is -1.67. The molecule has 0 radical (unpaired) electrons. The number of hydrogen-bond donors (Lipinski definition) is 0. The molecule has 4 aromatic rings. The number of nitro groups is 1. The SMILES string of the molecule is O=C1[C@H]2[C@H](ON(c3ccccc3)[C@H]2c2cccc3ccccc23)C(=O)N1c1ccc([N+](=O)[O-])cc1. The van der Waals surface area contributed by atoms with Crippen molar-refractivity contribution in [1.82, 2.24) is 0 Å². The molecule has 0 aliphatic carbocycles. The molecule has 0 spiro atoms. The molecular formula is C27H19N3O5. The summed E-state index contributed by atoms with van der Waals surface area (Å²) in [5, 5.41) is 14.7. The number of fused-ring (bicyclic) bond motifs is 2. The zero-order chi connectivity index (χ0) is 24.1. The van der Waals surface area contributed by atoms with Crippen molar-refractivity contribution in [2.45, 2.75) is 12.1 Å². The van der Waals surface area contributed by atoms with E-state index in [9.17, 15) is 19.7 Å². The molecule has 2 amide bonds. The molecular weight excluding hydrogens is 446 g/mol. The van der Waals surface area contributed by atoms with Crippen LogP contribution in [0.15, 0.2) is 97.1 Å². The second-order valence-corrected chi connectivity index (χ2v) is 8.51. The van der Waals surface area contributed by atoms with Gasteiger partial charge in [0.1, 0.15) is 5.92 Å². The summed E-state index contributed by atoms with van der Waals surface area (Å²) < 4.78 is 0. The number of non-ortho nitro benzene ring substituents is 1. The first-order valence-corrected chi connectivity index (χ1v) is 11.2. The summed E-state index contributed by atoms with van der Waals surface area (Å²) in [6.45, 7) is 0. The molecule has 0 N–H and O–H groups in total. The maximum absolute atomic E-state index is 13.8. The Morgan fingerprint density at radius 1 is 0.743 bits per heavy atom. The number of hydrogen-bond acceptors (Lipinski definition) is 6. The summed E-state index contributed by atoms with van der Waals surface area (Å²) in [5.41, 5.74) is 1.79. The second kappa shape index (κ2) is 8.03. The highest BCUT2D eigenvalue weighted by molar-refractivity contribution is 6.24. The smallest absolute Gasteiger partial charge is 0.269 e. The predicted octanol–water partition coefficient (Wildman–Crippen LogP) is 4.80. The molecule has 2 aliphatic rings. The van der Waals surface area contributed by atoms with Gasteiger partial charge in [0.2, 0.25) is 5.91 Å². The summed E-state index contributed by atoms with van der Waals surface area (Å²) in [4.78, 5) is 45.0. The zero-order valence-corrected chi connectivity index (χ0v) is 18.4. The van der Waals surface area contributed by atoms with Gasteiger partial charge in [0.15, 0.2) is 6.10 Å². The maximum Gasteiger partial charge on any atom is 0.269 e. The molecule has 2 aliphatic heterocycles. The van der Waals surface area contributed by atoms with Crippen molar-refractivity contribution < 1.29 is 19.3 Å². The topological polar surface area (TPSA) is 93.0 Å². The highest BCUT2D eigenvalue weighted by atomic mass is 16.7. The fraction of sp³-hybridized carbons (Fsp3) is 0.111. The van der Waals surface area contributed by atoms with Crippen LogP contribution < -0.4 is 9.96 Å². The van der Waals surface area contributed by atoms with Crippen molar-refractivity contribution in [3.63, 3.8) is 0 Å². The van der Waals surface area contributed by atoms with Crippen molar-refractivity contribution in [2.24, 2.45) is 5.92 Å². The highest BCUT2D eigenvalue weighted by Gasteiger charge is 2.60. The third-order valence-corrected chi connectivity index (χ3v) is 6.59. The maximum atomic E-state index is 13.8. The first kappa shape index (κ1) is 21.0. The Balaban J connectivity index is 1.47. The first-order valence-electron chi connectivity index (χ1n) is 11.2. The average molecular weight is 465 g/mol. The van der Waals surface area contributed by atoms with E-state index in [0.29, 0.717) is 0 Å². The Bertz CT molecular complexity index is 1470. The Labute approximate surface area is 200 Å². The Morgan fingerprint density at radius 3 is 2.17 bits per heavy atom. The minimum atomic E-state index is -1.01. The number of nitro benzene ring substituents is 1. The summed E-state index contributed by atoms with van der Waals surface area (Å²) in [7, 11) is 0. The van der Waals surface area contributed by atoms with E-state index in [4.69, 9.17) is 4.84 Å². The quantitative estimate of drug-likeness (QED) is 0.244. The van der Waals surface area contributed by atoms with Crippen LogP contribution in [0.1, 0.15) is 11.6 Å². The Hall–Kier alpha value is -4.56. The van der Waals surface area contributed by atoms with Crippen LogP contribution in [0.4, 0.5) is 17.1 Å². The highest BCUT2D eigenvalue weighted by Crippen LogP contribution is 2.48. The molecule has 2 heterocycles. The Kier molecular flexibility index (Phi) is 4.82. The molecule has 0 aromatic heterocycles. The number of carbonyl (C=O) groups excluding carboxylic acids is 2. The molecule has 8 nitrogen and oxygen atoms in total. The average Bonchev–Trinajstić information content (AvgIpc) is 3.40. The van der Waals surface area contributed by atoms with Gasteiger partial charge in [-0.1, -0.05) is 60.7 Å². The normalized spacial score (nSPS) is 21.5. The molecule has 2 fully saturated rings. The van der Waals surface area contributed by atoms with Gasteiger partial charge < -0.3 is 0 Å². The molecule has 6 rings (SSSR count). The van der Waals surface area contributed by atoms with Gasteiger partial charge in [-0.2, -0.15) is 0 Å². The number of anilines is 2. The van der Waals surface area contributed by atoms with Crippen molar-refractivity contribution in [3.05, 3.63) is 113 Å². The van der Waals surface area contributed by atoms with Crippen molar-refractivity contribution in [3.8, 4) is 0 Å². The number of hydroxylamine groups is 1. The monoisotopic (exact) mass is 465 g/mol. The van der Waals surface area contributed by atoms with Crippen LogP contribution in [0, 0.1) is 16.0 Å². The third-order valence-electron chi connectivity index (χ3n) is 6.59. The summed E-state index contributed by atoms with van der Waals surface area (Å²) in [6.07, 6.45) is -1.01. The van der Waals surface area contributed by atoms with Gasteiger partial charge in [-0.15, -0.1) is 0 Å². The molecule has 8 heteroatoms. The van der Waals surface area contributed by atoms with Crippen LogP contribution >= 0.6 is 0 Å². The van der Waals surface area contributed by atoms with E-state index in [1.165, 1.54) is 24.3 Å². The molecule has 0 unspecified atom stereocenters. The van der Waals surface area contributed by atoms with Gasteiger partial charge >= 0.3 is 0 Å². The van der Waals surface area contributed by atoms with Gasteiger partial charge in [0.25, 0.3) is 11.6 Å². The van der Waals surface area contributed by atoms with Crippen molar-refractivity contribution in [2.75, 3.05) is 9.96 Å². The van der Waals surface area contributed by atoms with E-state index >= 15 is 0 Å². The van der Waals surface area contributed by atoms with Gasteiger partial charge in [-0.3, -0.25) is 24.5 Å². The molecule has 35 heavy (non-hydrogen) atoms. The molecule has 2 saturated heterocycles. The molecule has 4 aromatic carbocycles. The molecule has 172 valence electrons. The Morgan fingerprint density at radius 2 is 1.43 bits per heavy atom. The molecule has 0 bridgehead atoms. The summed E-state index contributed by atoms with van der Waals surface area (Å²) in [6, 6.07) is 28.0. The first-order chi connectivity index (χ1) is 17.0. The van der Waals surface area contributed by atoms with Gasteiger partial charge in [0.05, 0.1) is 22.3 Å². The van der Waals surface area contributed by atoms with Gasteiger partial charge in [-0.25, -0.2) is 9.96 Å². The standard InChI is InChI=1S/C27H19N3O5/c31-26-23-24(22-12-6-8-17-7-4-5-11-21(17)22)29(19-9-2-1-3-10-19)35-25(23)27(32)28(26)18-13-15-20(16-14-18)30(33)34/h1-16,23-25H/t23-,24+,25+/m1/s1. The van der Waals surface area contributed by atoms with Crippen LogP contribution in [-0.2, 0) is 14.4 Å². The van der Waals surface area contributed by atoms with Crippen LogP contribution in [0.5, 0.6) is 0 Å². The largest absolute Gasteiger partial charge is 0.273 e. The van der Waals surface area contributed by atoms with Crippen molar-refractivity contribution in [1.29, 1.82) is 0 Å². The van der Waals surface area contributed by atoms with Crippen molar-refractivity contribution >= 4 is 39.6 Å². The number of benzene rings is 4. The van der Waals surface area contributed by atoms with Crippen LogP contribution in [0.2, 0.25) is 0 Å². The number of carbonyl (C=O) groups is 2. The number of rotatable bonds is 4. The minimum Gasteiger partial charge on any atom is -0.273 e. The summed E-state index contributed by atoms with van der Waals surface area (Å²) >= 11 is 0. The van der Waals surface area contributed by atoms with E-state index in [0.717, 1.165) is 26.9 Å². The van der Waals surface area contributed by atoms with Gasteiger partial charge in [-0.05, 0) is 40.6 Å². The van der Waals surface area contributed by atoms with E-state index in [-0.39, 0.29) is 11.4 Å². The van der Waals surface area contributed by atoms with Crippen LogP contribution in [0.3, 0.4) is 0 Å². The second-order valence-electron chi connectivity index (χ2n) is 8.51. The predicted molar refractivity (Wildman–Crippen MR) is 130 cm³/mol. The lowest BCUT2D eigenvalue weighted by Gasteiger charge is -2.29. The van der Waals surface area contributed by atoms with E-state index in [1.54, 1.807) is 5.06 Å². The van der Waals surface area contributed by atoms with E-state index < -0.39 is 34.8 Å². The lowest BCUT2D eigenvalue weighted by Crippen LogP contribution is -2.37. The number of imide groups is 1. The lowest BCUT2D eigenvalue weighted by molar-refractivity contribution is -0.384. The minimum absolute atomic E-state index is 0.117. The lowest BCUT2D eigenvalue weighted by atomic mass is 9.87. The van der Waals surface area contributed by atoms with E-state index in [2.05, 4.69) is 0 Å². The third kappa shape index (κ3) is 3.26. The van der Waals surface area contributed by atoms with Crippen LogP contribution in [-0.4, -0.2) is 22.8 Å². The fourth-order valence-electron chi connectivity index (χ4n) is 5.02. The number of nitrogens with zero attached hydrogens (tertiary/aromatic N) is 3. The number of para-hydroxylation sites is 1.